The van der Waals surface area contributed by atoms with E-state index in [1.165, 1.54) is 24.3 Å². The van der Waals surface area contributed by atoms with Gasteiger partial charge in [0.25, 0.3) is 0 Å². The fourth-order valence-corrected chi connectivity index (χ4v) is 5.50. The maximum absolute atomic E-state index is 13.0. The summed E-state index contributed by atoms with van der Waals surface area (Å²) in [4.78, 5) is 25.9. The summed E-state index contributed by atoms with van der Waals surface area (Å²) in [6.07, 6.45) is -3.62. The van der Waals surface area contributed by atoms with Gasteiger partial charge in [0.05, 0.1) is 22.2 Å². The average molecular weight is 509 g/mol. The standard InChI is InChI=1S/C26H40N2O8/c1-23(2)13-17(19(29)25(5,6)27(23)33)35-21(31)15-10-9-11-16(12-15)22(32)36-18-14-24(3,4)28(34)26(7,8)20(18)30/h9-12,17-20,29-30,33-34H,13-14H2,1-8H3. The van der Waals surface area contributed by atoms with Crippen LogP contribution < -0.4 is 0 Å². The summed E-state index contributed by atoms with van der Waals surface area (Å²) in [5.74, 6) is -1.44. The van der Waals surface area contributed by atoms with Crippen LogP contribution in [0.2, 0.25) is 0 Å². The molecule has 2 heterocycles. The first-order valence-electron chi connectivity index (χ1n) is 12.2. The van der Waals surface area contributed by atoms with Crippen LogP contribution in [0.15, 0.2) is 24.3 Å². The Kier molecular flexibility index (Phi) is 7.39. The topological polar surface area (TPSA) is 140 Å². The number of nitrogens with zero attached hydrogens (tertiary/aromatic N) is 2. The van der Waals surface area contributed by atoms with Crippen molar-refractivity contribution in [1.82, 2.24) is 10.1 Å². The van der Waals surface area contributed by atoms with E-state index < -0.39 is 58.5 Å². The van der Waals surface area contributed by atoms with Crippen LogP contribution in [0, 0.1) is 0 Å². The lowest BCUT2D eigenvalue weighted by Gasteiger charge is -2.53. The number of benzene rings is 1. The molecule has 0 bridgehead atoms. The average Bonchev–Trinajstić information content (AvgIpc) is 2.79. The Morgan fingerprint density at radius 2 is 1.08 bits per heavy atom. The van der Waals surface area contributed by atoms with Gasteiger partial charge in [0.2, 0.25) is 0 Å². The summed E-state index contributed by atoms with van der Waals surface area (Å²) in [6.45, 7) is 13.8. The normalized spacial score (nSPS) is 31.4. The number of carbonyl (C=O) groups is 2. The van der Waals surface area contributed by atoms with Gasteiger partial charge in [-0.05, 0) is 73.6 Å². The van der Waals surface area contributed by atoms with Crippen molar-refractivity contribution in [2.45, 2.75) is 115 Å². The molecule has 10 nitrogen and oxygen atoms in total. The highest BCUT2D eigenvalue weighted by Crippen LogP contribution is 2.40. The number of carbonyl (C=O) groups excluding carboxylic acids is 2. The molecule has 1 aromatic carbocycles. The van der Waals surface area contributed by atoms with Crippen molar-refractivity contribution in [3.05, 3.63) is 35.4 Å². The van der Waals surface area contributed by atoms with E-state index in [1.807, 2.05) is 0 Å². The molecule has 3 rings (SSSR count). The quantitative estimate of drug-likeness (QED) is 0.449. The van der Waals surface area contributed by atoms with Crippen molar-refractivity contribution < 1.29 is 39.7 Å². The highest BCUT2D eigenvalue weighted by atomic mass is 16.6. The van der Waals surface area contributed by atoms with Crippen LogP contribution in [0.4, 0.5) is 0 Å². The lowest BCUT2D eigenvalue weighted by Crippen LogP contribution is -2.68. The highest BCUT2D eigenvalue weighted by molar-refractivity contribution is 5.95. The van der Waals surface area contributed by atoms with Gasteiger partial charge in [-0.1, -0.05) is 6.07 Å². The van der Waals surface area contributed by atoms with Gasteiger partial charge >= 0.3 is 11.9 Å². The third-order valence-electron chi connectivity index (χ3n) is 7.64. The summed E-state index contributed by atoms with van der Waals surface area (Å²) in [5.41, 5.74) is -3.39. The number of hydroxylamine groups is 4. The lowest BCUT2D eigenvalue weighted by molar-refractivity contribution is -0.289. The number of piperidine rings is 2. The molecule has 2 saturated heterocycles. The summed E-state index contributed by atoms with van der Waals surface area (Å²) in [6, 6.07) is 5.86. The molecule has 2 aliphatic heterocycles. The van der Waals surface area contributed by atoms with E-state index in [4.69, 9.17) is 9.47 Å². The van der Waals surface area contributed by atoms with Gasteiger partial charge in [0.1, 0.15) is 24.4 Å². The molecular weight excluding hydrogens is 468 g/mol. The molecule has 4 unspecified atom stereocenters. The third-order valence-corrected chi connectivity index (χ3v) is 7.64. The highest BCUT2D eigenvalue weighted by Gasteiger charge is 2.54. The van der Waals surface area contributed by atoms with Gasteiger partial charge < -0.3 is 30.1 Å². The van der Waals surface area contributed by atoms with Gasteiger partial charge in [-0.25, -0.2) is 9.59 Å². The van der Waals surface area contributed by atoms with E-state index in [0.717, 1.165) is 10.1 Å². The van der Waals surface area contributed by atoms with Gasteiger partial charge in [-0.2, -0.15) is 10.1 Å². The summed E-state index contributed by atoms with van der Waals surface area (Å²) >= 11 is 0. The minimum atomic E-state index is -1.14. The van der Waals surface area contributed by atoms with Crippen LogP contribution >= 0.6 is 0 Å². The smallest absolute Gasteiger partial charge is 0.338 e. The molecule has 0 aliphatic carbocycles. The van der Waals surface area contributed by atoms with E-state index in [9.17, 15) is 30.2 Å². The number of rotatable bonds is 4. The van der Waals surface area contributed by atoms with Crippen molar-refractivity contribution in [1.29, 1.82) is 0 Å². The van der Waals surface area contributed by atoms with Crippen molar-refractivity contribution >= 4 is 11.9 Å². The van der Waals surface area contributed by atoms with Gasteiger partial charge in [0, 0.05) is 23.9 Å². The van der Waals surface area contributed by atoms with Crippen molar-refractivity contribution in [3.8, 4) is 0 Å². The molecule has 0 amide bonds. The molecule has 2 aliphatic rings. The molecular formula is C26H40N2O8. The second-order valence-corrected chi connectivity index (χ2v) is 12.3. The van der Waals surface area contributed by atoms with E-state index in [0.29, 0.717) is 0 Å². The number of aliphatic hydroxyl groups excluding tert-OH is 2. The predicted molar refractivity (Wildman–Crippen MR) is 130 cm³/mol. The van der Waals surface area contributed by atoms with Crippen molar-refractivity contribution in [2.24, 2.45) is 0 Å². The maximum atomic E-state index is 13.0. The largest absolute Gasteiger partial charge is 0.456 e. The lowest BCUT2D eigenvalue weighted by atomic mass is 9.78. The van der Waals surface area contributed by atoms with E-state index >= 15 is 0 Å². The van der Waals surface area contributed by atoms with Crippen molar-refractivity contribution in [3.63, 3.8) is 0 Å². The van der Waals surface area contributed by atoms with E-state index in [-0.39, 0.29) is 24.0 Å². The number of hydrogen-bond acceptors (Lipinski definition) is 10. The Balaban J connectivity index is 1.75. The van der Waals surface area contributed by atoms with E-state index in [1.54, 1.807) is 55.4 Å². The second kappa shape index (κ2) is 9.34. The first kappa shape index (κ1) is 28.5. The van der Waals surface area contributed by atoms with Gasteiger partial charge in [-0.15, -0.1) is 0 Å². The third kappa shape index (κ3) is 5.03. The molecule has 202 valence electrons. The molecule has 1 aromatic rings. The van der Waals surface area contributed by atoms with Crippen LogP contribution in [0.1, 0.15) is 88.9 Å². The van der Waals surface area contributed by atoms with Crippen LogP contribution in [0.5, 0.6) is 0 Å². The Labute approximate surface area is 212 Å². The molecule has 0 aromatic heterocycles. The van der Waals surface area contributed by atoms with Crippen LogP contribution in [0.25, 0.3) is 0 Å². The maximum Gasteiger partial charge on any atom is 0.338 e. The first-order chi connectivity index (χ1) is 16.3. The zero-order valence-electron chi connectivity index (χ0n) is 22.3. The van der Waals surface area contributed by atoms with Crippen LogP contribution in [0.3, 0.4) is 0 Å². The Morgan fingerprint density at radius 1 is 0.750 bits per heavy atom. The fraction of sp³-hybridized carbons (Fsp3) is 0.692. The molecule has 4 N–H and O–H groups in total. The molecule has 10 heteroatoms. The van der Waals surface area contributed by atoms with E-state index in [2.05, 4.69) is 0 Å². The zero-order valence-corrected chi connectivity index (χ0v) is 22.3. The number of ether oxygens (including phenoxy) is 2. The molecule has 2 fully saturated rings. The number of esters is 2. The fourth-order valence-electron chi connectivity index (χ4n) is 5.50. The zero-order chi connectivity index (χ0) is 27.4. The predicted octanol–water partition coefficient (Wildman–Crippen LogP) is 2.76. The summed E-state index contributed by atoms with van der Waals surface area (Å²) in [7, 11) is 0. The summed E-state index contributed by atoms with van der Waals surface area (Å²) < 4.78 is 11.3. The van der Waals surface area contributed by atoms with Gasteiger partial charge in [0.15, 0.2) is 0 Å². The first-order valence-corrected chi connectivity index (χ1v) is 12.2. The van der Waals surface area contributed by atoms with Crippen molar-refractivity contribution in [2.75, 3.05) is 0 Å². The SMILES string of the molecule is CC1(C)CC(OC(=O)c2cccc(C(=O)OC3CC(C)(C)N(O)C(C)(C)C3O)c2)C(O)C(C)(C)N1O. The van der Waals surface area contributed by atoms with Crippen LogP contribution in [-0.4, -0.2) is 89.3 Å². The minimum Gasteiger partial charge on any atom is -0.456 e. The number of aliphatic hydroxyl groups is 2. The Hall–Kier alpha value is -2.08. The second-order valence-electron chi connectivity index (χ2n) is 12.3. The Bertz CT molecular complexity index is 930. The monoisotopic (exact) mass is 508 g/mol. The Morgan fingerprint density at radius 3 is 1.42 bits per heavy atom. The minimum absolute atomic E-state index is 0.102. The molecule has 0 spiro atoms. The molecule has 0 saturated carbocycles. The summed E-state index contributed by atoms with van der Waals surface area (Å²) in [5, 5.41) is 44.6. The van der Waals surface area contributed by atoms with Gasteiger partial charge in [-0.3, -0.25) is 0 Å². The van der Waals surface area contributed by atoms with Crippen LogP contribution in [-0.2, 0) is 9.47 Å². The molecule has 36 heavy (non-hydrogen) atoms. The number of hydrogen-bond donors (Lipinski definition) is 4. The molecule has 0 radical (unpaired) electrons. The molecule has 4 atom stereocenters.